The number of piperazine rings is 1. The van der Waals surface area contributed by atoms with E-state index in [0.717, 1.165) is 19.6 Å². The molecule has 0 bridgehead atoms. The highest BCUT2D eigenvalue weighted by molar-refractivity contribution is 5.88. The third-order valence-corrected chi connectivity index (χ3v) is 3.78. The second kappa shape index (κ2) is 4.10. The van der Waals surface area contributed by atoms with Crippen LogP contribution < -0.4 is 0 Å². The minimum absolute atomic E-state index is 0.0295. The predicted octanol–water partition coefficient (Wildman–Crippen LogP) is 0.884. The van der Waals surface area contributed by atoms with E-state index in [1.807, 2.05) is 4.90 Å². The lowest BCUT2D eigenvalue weighted by molar-refractivity contribution is -0.186. The highest BCUT2D eigenvalue weighted by atomic mass is 16.5. The molecule has 1 spiro atoms. The van der Waals surface area contributed by atoms with E-state index >= 15 is 0 Å². The fraction of sp³-hybridized carbons (Fsp3) is 0.769. The molecule has 4 heteroatoms. The molecule has 2 aliphatic rings. The van der Waals surface area contributed by atoms with E-state index in [1.165, 1.54) is 6.08 Å². The number of amides is 1. The zero-order valence-corrected chi connectivity index (χ0v) is 11.0. The van der Waals surface area contributed by atoms with Crippen LogP contribution in [0.2, 0.25) is 0 Å². The summed E-state index contributed by atoms with van der Waals surface area (Å²) in [4.78, 5) is 16.2. The van der Waals surface area contributed by atoms with Crippen LogP contribution in [-0.4, -0.2) is 59.6 Å². The van der Waals surface area contributed by atoms with Gasteiger partial charge in [-0.05, 0) is 26.8 Å². The summed E-state index contributed by atoms with van der Waals surface area (Å²) in [6.45, 7) is 14.1. The standard InChI is InChI=1S/C13H22N2O2/c1-5-11(16)15-7-6-14(12(2,3)4)8-13(15)9-17-10-13/h5H,1,6-10H2,2-4H3. The Morgan fingerprint density at radius 1 is 1.35 bits per heavy atom. The monoisotopic (exact) mass is 238 g/mol. The SMILES string of the molecule is C=CC(=O)N1CCN(C(C)(C)C)CC12COC2. The summed E-state index contributed by atoms with van der Waals surface area (Å²) >= 11 is 0. The van der Waals surface area contributed by atoms with Crippen molar-refractivity contribution in [1.29, 1.82) is 0 Å². The van der Waals surface area contributed by atoms with Crippen LogP contribution in [0.5, 0.6) is 0 Å². The van der Waals surface area contributed by atoms with Gasteiger partial charge in [0.05, 0.1) is 13.2 Å². The van der Waals surface area contributed by atoms with Crippen LogP contribution in [0.1, 0.15) is 20.8 Å². The molecule has 0 aromatic heterocycles. The number of hydrogen-bond acceptors (Lipinski definition) is 3. The van der Waals surface area contributed by atoms with Gasteiger partial charge in [0.1, 0.15) is 5.54 Å². The summed E-state index contributed by atoms with van der Waals surface area (Å²) < 4.78 is 5.35. The Bertz CT molecular complexity index is 329. The van der Waals surface area contributed by atoms with Gasteiger partial charge in [0.2, 0.25) is 5.91 Å². The molecule has 1 amide bonds. The van der Waals surface area contributed by atoms with E-state index in [0.29, 0.717) is 13.2 Å². The molecule has 2 aliphatic heterocycles. The molecule has 96 valence electrons. The van der Waals surface area contributed by atoms with Gasteiger partial charge in [-0.3, -0.25) is 9.69 Å². The maximum atomic E-state index is 11.9. The molecule has 0 aromatic rings. The molecular weight excluding hydrogens is 216 g/mol. The van der Waals surface area contributed by atoms with Crippen molar-refractivity contribution in [1.82, 2.24) is 9.80 Å². The molecule has 2 fully saturated rings. The van der Waals surface area contributed by atoms with Crippen LogP contribution in [0, 0.1) is 0 Å². The second-order valence-electron chi connectivity index (χ2n) is 6.00. The molecule has 0 radical (unpaired) electrons. The lowest BCUT2D eigenvalue weighted by atomic mass is 9.88. The molecule has 2 heterocycles. The van der Waals surface area contributed by atoms with Gasteiger partial charge in [0, 0.05) is 25.2 Å². The predicted molar refractivity (Wildman–Crippen MR) is 66.8 cm³/mol. The number of rotatable bonds is 1. The zero-order valence-electron chi connectivity index (χ0n) is 11.0. The van der Waals surface area contributed by atoms with Crippen molar-refractivity contribution in [2.75, 3.05) is 32.8 Å². The number of carbonyl (C=O) groups is 1. The summed E-state index contributed by atoms with van der Waals surface area (Å²) in [7, 11) is 0. The Balaban J connectivity index is 2.15. The number of ether oxygens (including phenoxy) is 1. The van der Waals surface area contributed by atoms with Gasteiger partial charge in [-0.2, -0.15) is 0 Å². The lowest BCUT2D eigenvalue weighted by Gasteiger charge is -2.57. The van der Waals surface area contributed by atoms with E-state index in [9.17, 15) is 4.79 Å². The van der Waals surface area contributed by atoms with E-state index in [1.54, 1.807) is 0 Å². The Labute approximate surface area is 103 Å². The highest BCUT2D eigenvalue weighted by Crippen LogP contribution is 2.32. The average Bonchev–Trinajstić information content (AvgIpc) is 2.23. The third-order valence-electron chi connectivity index (χ3n) is 3.78. The van der Waals surface area contributed by atoms with Crippen molar-refractivity contribution in [2.24, 2.45) is 0 Å². The van der Waals surface area contributed by atoms with Gasteiger partial charge in [0.15, 0.2) is 0 Å². The smallest absolute Gasteiger partial charge is 0.246 e. The van der Waals surface area contributed by atoms with Gasteiger partial charge in [-0.1, -0.05) is 6.58 Å². The van der Waals surface area contributed by atoms with E-state index in [4.69, 9.17) is 4.74 Å². The number of nitrogens with zero attached hydrogens (tertiary/aromatic N) is 2. The first-order valence-electron chi connectivity index (χ1n) is 6.16. The minimum Gasteiger partial charge on any atom is -0.376 e. The number of carbonyl (C=O) groups excluding carboxylic acids is 1. The van der Waals surface area contributed by atoms with Crippen LogP contribution in [0.4, 0.5) is 0 Å². The van der Waals surface area contributed by atoms with Crippen LogP contribution in [0.25, 0.3) is 0 Å². The highest BCUT2D eigenvalue weighted by Gasteiger charge is 2.50. The summed E-state index contributed by atoms with van der Waals surface area (Å²) in [5.74, 6) is 0.0295. The molecular formula is C13H22N2O2. The topological polar surface area (TPSA) is 32.8 Å². The molecule has 0 aromatic carbocycles. The lowest BCUT2D eigenvalue weighted by Crippen LogP contribution is -2.74. The minimum atomic E-state index is -0.114. The number of hydrogen-bond donors (Lipinski definition) is 0. The van der Waals surface area contributed by atoms with Crippen LogP contribution in [-0.2, 0) is 9.53 Å². The molecule has 17 heavy (non-hydrogen) atoms. The summed E-state index contributed by atoms with van der Waals surface area (Å²) in [6.07, 6.45) is 1.41. The second-order valence-corrected chi connectivity index (χ2v) is 6.00. The Hall–Kier alpha value is -0.870. The molecule has 0 aliphatic carbocycles. The van der Waals surface area contributed by atoms with Crippen LogP contribution >= 0.6 is 0 Å². The molecule has 4 nitrogen and oxygen atoms in total. The Morgan fingerprint density at radius 2 is 2.00 bits per heavy atom. The third kappa shape index (κ3) is 2.11. The molecule has 0 N–H and O–H groups in total. The van der Waals surface area contributed by atoms with Crippen LogP contribution in [0.3, 0.4) is 0 Å². The van der Waals surface area contributed by atoms with Crippen LogP contribution in [0.15, 0.2) is 12.7 Å². The van der Waals surface area contributed by atoms with E-state index in [-0.39, 0.29) is 17.0 Å². The van der Waals surface area contributed by atoms with Crippen molar-refractivity contribution >= 4 is 5.91 Å². The maximum absolute atomic E-state index is 11.9. The molecule has 2 saturated heterocycles. The largest absolute Gasteiger partial charge is 0.376 e. The normalized spacial score (nSPS) is 24.5. The summed E-state index contributed by atoms with van der Waals surface area (Å²) in [6, 6.07) is 0. The van der Waals surface area contributed by atoms with Crippen molar-refractivity contribution in [3.05, 3.63) is 12.7 Å². The molecule has 2 rings (SSSR count). The Kier molecular flexibility index (Phi) is 3.04. The van der Waals surface area contributed by atoms with Crippen molar-refractivity contribution in [3.8, 4) is 0 Å². The van der Waals surface area contributed by atoms with Gasteiger partial charge < -0.3 is 9.64 Å². The van der Waals surface area contributed by atoms with Gasteiger partial charge in [-0.25, -0.2) is 0 Å². The van der Waals surface area contributed by atoms with Crippen molar-refractivity contribution in [3.63, 3.8) is 0 Å². The quantitative estimate of drug-likeness (QED) is 0.636. The molecule has 0 atom stereocenters. The fourth-order valence-corrected chi connectivity index (χ4v) is 2.59. The van der Waals surface area contributed by atoms with Gasteiger partial charge in [-0.15, -0.1) is 0 Å². The van der Waals surface area contributed by atoms with E-state index in [2.05, 4.69) is 32.3 Å². The van der Waals surface area contributed by atoms with E-state index < -0.39 is 0 Å². The fourth-order valence-electron chi connectivity index (χ4n) is 2.59. The van der Waals surface area contributed by atoms with Gasteiger partial charge in [0.25, 0.3) is 0 Å². The van der Waals surface area contributed by atoms with Gasteiger partial charge >= 0.3 is 0 Å². The Morgan fingerprint density at radius 3 is 2.41 bits per heavy atom. The molecule has 0 unspecified atom stereocenters. The summed E-state index contributed by atoms with van der Waals surface area (Å²) in [5, 5.41) is 0. The first kappa shape index (κ1) is 12.6. The average molecular weight is 238 g/mol. The van der Waals surface area contributed by atoms with Crippen molar-refractivity contribution in [2.45, 2.75) is 31.8 Å². The zero-order chi connectivity index (χ0) is 12.7. The van der Waals surface area contributed by atoms with Crippen molar-refractivity contribution < 1.29 is 9.53 Å². The maximum Gasteiger partial charge on any atom is 0.246 e. The first-order valence-corrected chi connectivity index (χ1v) is 6.16. The first-order chi connectivity index (χ1) is 7.89. The molecule has 0 saturated carbocycles. The summed E-state index contributed by atoms with van der Waals surface area (Å²) in [5.41, 5.74) is 0.0305.